The van der Waals surface area contributed by atoms with E-state index in [-0.39, 0.29) is 0 Å². The summed E-state index contributed by atoms with van der Waals surface area (Å²) in [5, 5.41) is 5.52. The van der Waals surface area contributed by atoms with Crippen LogP contribution >= 0.6 is 31.9 Å². The minimum absolute atomic E-state index is 0.880. The Bertz CT molecular complexity index is 448. The van der Waals surface area contributed by atoms with Gasteiger partial charge in [0.15, 0.2) is 0 Å². The lowest BCUT2D eigenvalue weighted by Crippen LogP contribution is -1.95. The van der Waals surface area contributed by atoms with E-state index in [1.165, 1.54) is 0 Å². The Morgan fingerprint density at radius 1 is 1.38 bits per heavy atom. The lowest BCUT2D eigenvalue weighted by molar-refractivity contribution is 0.677. The minimum atomic E-state index is 0.880. The molecule has 4 heteroatoms. The third-order valence-corrected chi connectivity index (χ3v) is 3.20. The first kappa shape index (κ1) is 9.21. The van der Waals surface area contributed by atoms with Crippen LogP contribution in [0.3, 0.4) is 0 Å². The Kier molecular flexibility index (Phi) is 2.43. The van der Waals surface area contributed by atoms with Gasteiger partial charge in [-0.05, 0) is 50.9 Å². The van der Waals surface area contributed by atoms with Crippen LogP contribution in [0.25, 0.3) is 10.9 Å². The third-order valence-electron chi connectivity index (χ3n) is 1.98. The van der Waals surface area contributed by atoms with E-state index >= 15 is 0 Å². The maximum absolute atomic E-state index is 4.37. The summed E-state index contributed by atoms with van der Waals surface area (Å²) >= 11 is 6.96. The molecule has 0 saturated heterocycles. The van der Waals surface area contributed by atoms with E-state index < -0.39 is 0 Å². The zero-order valence-corrected chi connectivity index (χ0v) is 10.3. The second-order valence-electron chi connectivity index (χ2n) is 2.74. The lowest BCUT2D eigenvalue weighted by Gasteiger charge is -1.99. The number of para-hydroxylation sites is 1. The van der Waals surface area contributed by atoms with E-state index in [1.807, 2.05) is 16.8 Å². The van der Waals surface area contributed by atoms with Gasteiger partial charge in [0.2, 0.25) is 0 Å². The van der Waals surface area contributed by atoms with Crippen LogP contribution in [0.2, 0.25) is 0 Å². The molecule has 0 spiro atoms. The van der Waals surface area contributed by atoms with Crippen molar-refractivity contribution in [2.75, 3.05) is 0 Å². The molecule has 0 unspecified atom stereocenters. The molecule has 0 saturated carbocycles. The number of rotatable bonds is 1. The van der Waals surface area contributed by atoms with Gasteiger partial charge >= 0.3 is 0 Å². The maximum Gasteiger partial charge on any atom is 0.136 e. The highest BCUT2D eigenvalue weighted by Gasteiger charge is 2.08. The molecule has 1 aromatic carbocycles. The topological polar surface area (TPSA) is 17.8 Å². The molecule has 1 heterocycles. The normalized spacial score (nSPS) is 11.0. The number of aromatic nitrogens is 2. The average molecular weight is 304 g/mol. The molecule has 0 bridgehead atoms. The van der Waals surface area contributed by atoms with Gasteiger partial charge in [-0.25, -0.2) is 0 Å². The summed E-state index contributed by atoms with van der Waals surface area (Å²) in [6, 6.07) is 6.10. The van der Waals surface area contributed by atoms with E-state index in [1.54, 1.807) is 0 Å². The standard InChI is InChI=1S/C9H8Br2N2/c1-2-13-8-6(9(11)12-13)4-3-5-7(8)10/h3-5H,2H2,1H3. The molecule has 1 aromatic heterocycles. The lowest BCUT2D eigenvalue weighted by atomic mass is 10.2. The van der Waals surface area contributed by atoms with Crippen LogP contribution in [0.15, 0.2) is 27.3 Å². The van der Waals surface area contributed by atoms with Gasteiger partial charge in [-0.3, -0.25) is 4.68 Å². The highest BCUT2D eigenvalue weighted by molar-refractivity contribution is 9.11. The van der Waals surface area contributed by atoms with Gasteiger partial charge < -0.3 is 0 Å². The van der Waals surface area contributed by atoms with Crippen molar-refractivity contribution >= 4 is 42.8 Å². The number of hydrogen-bond acceptors (Lipinski definition) is 1. The second-order valence-corrected chi connectivity index (χ2v) is 4.35. The van der Waals surface area contributed by atoms with Crippen molar-refractivity contribution in [2.24, 2.45) is 0 Å². The van der Waals surface area contributed by atoms with Crippen LogP contribution in [0.4, 0.5) is 0 Å². The molecular formula is C9H8Br2N2. The average Bonchev–Trinajstić information content (AvgIpc) is 2.45. The molecule has 0 radical (unpaired) electrons. The van der Waals surface area contributed by atoms with Gasteiger partial charge in [-0.2, -0.15) is 5.10 Å². The first-order chi connectivity index (χ1) is 6.24. The monoisotopic (exact) mass is 302 g/mol. The molecule has 0 atom stereocenters. The summed E-state index contributed by atoms with van der Waals surface area (Å²) in [5.74, 6) is 0. The fourth-order valence-electron chi connectivity index (χ4n) is 1.38. The van der Waals surface area contributed by atoms with Crippen LogP contribution < -0.4 is 0 Å². The van der Waals surface area contributed by atoms with E-state index in [9.17, 15) is 0 Å². The van der Waals surface area contributed by atoms with Crippen molar-refractivity contribution in [3.63, 3.8) is 0 Å². The van der Waals surface area contributed by atoms with Crippen LogP contribution in [0.5, 0.6) is 0 Å². The van der Waals surface area contributed by atoms with Gasteiger partial charge in [-0.15, -0.1) is 0 Å². The number of aryl methyl sites for hydroxylation is 1. The van der Waals surface area contributed by atoms with Crippen LogP contribution in [-0.4, -0.2) is 9.78 Å². The number of hydrogen-bond donors (Lipinski definition) is 0. The Labute approximate surface area is 93.2 Å². The quantitative estimate of drug-likeness (QED) is 0.787. The Hall–Kier alpha value is -0.350. The molecule has 0 amide bonds. The highest BCUT2D eigenvalue weighted by Crippen LogP contribution is 2.28. The van der Waals surface area contributed by atoms with Gasteiger partial charge in [-0.1, -0.05) is 6.07 Å². The molecule has 2 nitrogen and oxygen atoms in total. The fourth-order valence-corrected chi connectivity index (χ4v) is 2.47. The summed E-state index contributed by atoms with van der Waals surface area (Å²) < 4.78 is 3.97. The van der Waals surface area contributed by atoms with E-state index in [4.69, 9.17) is 0 Å². The molecule has 2 rings (SSSR count). The van der Waals surface area contributed by atoms with Gasteiger partial charge in [0.1, 0.15) is 4.60 Å². The molecule has 0 aliphatic heterocycles. The van der Waals surface area contributed by atoms with Crippen LogP contribution in [-0.2, 0) is 6.54 Å². The van der Waals surface area contributed by atoms with Crippen molar-refractivity contribution in [3.05, 3.63) is 27.3 Å². The second kappa shape index (κ2) is 3.42. The Balaban J connectivity index is 2.89. The van der Waals surface area contributed by atoms with Crippen molar-refractivity contribution in [2.45, 2.75) is 13.5 Å². The zero-order valence-electron chi connectivity index (χ0n) is 7.09. The first-order valence-corrected chi connectivity index (χ1v) is 5.63. The third kappa shape index (κ3) is 1.42. The number of nitrogens with zero attached hydrogens (tertiary/aromatic N) is 2. The predicted molar refractivity (Wildman–Crippen MR) is 60.8 cm³/mol. The van der Waals surface area contributed by atoms with Gasteiger partial charge in [0.05, 0.1) is 5.52 Å². The summed E-state index contributed by atoms with van der Waals surface area (Å²) in [6.07, 6.45) is 0. The summed E-state index contributed by atoms with van der Waals surface area (Å²) in [6.45, 7) is 2.96. The SMILES string of the molecule is CCn1nc(Br)c2cccc(Br)c21. The largest absolute Gasteiger partial charge is 0.263 e. The molecule has 2 aromatic rings. The van der Waals surface area contributed by atoms with Crippen molar-refractivity contribution in [3.8, 4) is 0 Å². The molecule has 0 aliphatic rings. The molecule has 0 fully saturated rings. The fraction of sp³-hybridized carbons (Fsp3) is 0.222. The van der Waals surface area contributed by atoms with Crippen molar-refractivity contribution in [1.82, 2.24) is 9.78 Å². The Morgan fingerprint density at radius 3 is 2.85 bits per heavy atom. The molecule has 68 valence electrons. The molecule has 0 aliphatic carbocycles. The smallest absolute Gasteiger partial charge is 0.136 e. The molecular weight excluding hydrogens is 296 g/mol. The summed E-state index contributed by atoms with van der Waals surface area (Å²) in [5.41, 5.74) is 1.15. The zero-order chi connectivity index (χ0) is 9.42. The van der Waals surface area contributed by atoms with E-state index in [2.05, 4.69) is 49.9 Å². The number of halogens is 2. The summed E-state index contributed by atoms with van der Waals surface area (Å²) in [7, 11) is 0. The molecule has 13 heavy (non-hydrogen) atoms. The van der Waals surface area contributed by atoms with E-state index in [0.29, 0.717) is 0 Å². The van der Waals surface area contributed by atoms with Gasteiger partial charge in [0, 0.05) is 16.4 Å². The highest BCUT2D eigenvalue weighted by atomic mass is 79.9. The first-order valence-electron chi connectivity index (χ1n) is 4.04. The maximum atomic E-state index is 4.37. The van der Waals surface area contributed by atoms with Crippen LogP contribution in [0, 0.1) is 0 Å². The van der Waals surface area contributed by atoms with Gasteiger partial charge in [0.25, 0.3) is 0 Å². The summed E-state index contributed by atoms with van der Waals surface area (Å²) in [4.78, 5) is 0. The minimum Gasteiger partial charge on any atom is -0.263 e. The van der Waals surface area contributed by atoms with Crippen molar-refractivity contribution < 1.29 is 0 Å². The Morgan fingerprint density at radius 2 is 2.15 bits per heavy atom. The number of benzene rings is 1. The van der Waals surface area contributed by atoms with E-state index in [0.717, 1.165) is 26.5 Å². The van der Waals surface area contributed by atoms with Crippen LogP contribution in [0.1, 0.15) is 6.92 Å². The number of fused-ring (bicyclic) bond motifs is 1. The predicted octanol–water partition coefficient (Wildman–Crippen LogP) is 3.58. The van der Waals surface area contributed by atoms with Crippen molar-refractivity contribution in [1.29, 1.82) is 0 Å². The molecule has 0 N–H and O–H groups in total.